The molecule has 3 heteroatoms. The van der Waals surface area contributed by atoms with Crippen molar-refractivity contribution in [1.82, 2.24) is 9.80 Å². The maximum atomic E-state index is 12.1. The molecule has 0 aromatic carbocycles. The molecule has 4 rings (SSSR count). The van der Waals surface area contributed by atoms with Gasteiger partial charge < -0.3 is 5.11 Å². The van der Waals surface area contributed by atoms with Crippen molar-refractivity contribution in [2.45, 2.75) is 190 Å². The predicted octanol–water partition coefficient (Wildman–Crippen LogP) is 10.8. The fourth-order valence-electron chi connectivity index (χ4n) is 11.7. The van der Waals surface area contributed by atoms with Gasteiger partial charge in [0.15, 0.2) is 0 Å². The van der Waals surface area contributed by atoms with E-state index in [2.05, 4.69) is 92.9 Å². The summed E-state index contributed by atoms with van der Waals surface area (Å²) in [6.45, 7) is 30.5. The minimum atomic E-state index is 0.131. The van der Waals surface area contributed by atoms with Crippen molar-refractivity contribution in [3.8, 4) is 0 Å². The van der Waals surface area contributed by atoms with Crippen LogP contribution in [-0.2, 0) is 0 Å². The van der Waals surface area contributed by atoms with Crippen molar-refractivity contribution in [2.24, 2.45) is 71.0 Å². The molecule has 45 heavy (non-hydrogen) atoms. The first kappa shape index (κ1) is 37.7. The van der Waals surface area contributed by atoms with E-state index in [9.17, 15) is 5.11 Å². The minimum Gasteiger partial charge on any atom is -0.393 e. The van der Waals surface area contributed by atoms with Crippen LogP contribution in [0.25, 0.3) is 0 Å². The standard InChI is InChI=1S/C42H80N2O/c1-26(2)34-17-13-30(9)21-38(34)43(39-22-31(10)14-18-35(39)27(3)4)42(25-45)44(40-23-32(11)15-19-36(40)28(5)6)41-24-33(12)16-20-37(41)29(7)8/h26-42,45H,13-25H2,1-12H3. The summed E-state index contributed by atoms with van der Waals surface area (Å²) < 4.78 is 0. The van der Waals surface area contributed by atoms with E-state index in [0.29, 0.717) is 47.8 Å². The molecule has 3 nitrogen and oxygen atoms in total. The molecule has 4 saturated carbocycles. The van der Waals surface area contributed by atoms with E-state index in [1.807, 2.05) is 0 Å². The lowest BCUT2D eigenvalue weighted by atomic mass is 9.67. The Kier molecular flexibility index (Phi) is 13.8. The Bertz CT molecular complexity index is 737. The maximum Gasteiger partial charge on any atom is 0.0871 e. The molecule has 1 N–H and O–H groups in total. The molecule has 0 heterocycles. The molecule has 4 aliphatic carbocycles. The van der Waals surface area contributed by atoms with Gasteiger partial charge >= 0.3 is 0 Å². The Morgan fingerprint density at radius 2 is 0.644 bits per heavy atom. The van der Waals surface area contributed by atoms with Crippen molar-refractivity contribution in [1.29, 1.82) is 0 Å². The van der Waals surface area contributed by atoms with Gasteiger partial charge in [-0.2, -0.15) is 0 Å². The molecule has 0 radical (unpaired) electrons. The monoisotopic (exact) mass is 629 g/mol. The molecule has 0 aliphatic heterocycles. The molecular weight excluding hydrogens is 548 g/mol. The van der Waals surface area contributed by atoms with E-state index in [1.165, 1.54) is 77.0 Å². The van der Waals surface area contributed by atoms with E-state index < -0.39 is 0 Å². The van der Waals surface area contributed by atoms with Gasteiger partial charge in [0.05, 0.1) is 12.8 Å². The maximum absolute atomic E-state index is 12.1. The normalized spacial score (nSPS) is 41.1. The molecule has 4 aliphatic rings. The van der Waals surface area contributed by atoms with Crippen LogP contribution >= 0.6 is 0 Å². The van der Waals surface area contributed by atoms with Gasteiger partial charge in [-0.3, -0.25) is 9.80 Å². The topological polar surface area (TPSA) is 26.7 Å². The third kappa shape index (κ3) is 8.73. The quantitative estimate of drug-likeness (QED) is 0.231. The van der Waals surface area contributed by atoms with Crippen molar-refractivity contribution in [3.05, 3.63) is 0 Å². The lowest BCUT2D eigenvalue weighted by Gasteiger charge is -2.60. The van der Waals surface area contributed by atoms with E-state index >= 15 is 0 Å². The Hall–Kier alpha value is -0.120. The van der Waals surface area contributed by atoms with Crippen molar-refractivity contribution >= 4 is 0 Å². The molecule has 0 bridgehead atoms. The molecule has 0 amide bonds. The van der Waals surface area contributed by atoms with Crippen LogP contribution in [0.15, 0.2) is 0 Å². The number of hydrogen-bond donors (Lipinski definition) is 1. The molecule has 12 atom stereocenters. The fraction of sp³-hybridized carbons (Fsp3) is 1.00. The largest absolute Gasteiger partial charge is 0.393 e. The molecule has 0 saturated heterocycles. The van der Waals surface area contributed by atoms with E-state index in [0.717, 1.165) is 47.3 Å². The molecule has 12 unspecified atom stereocenters. The van der Waals surface area contributed by atoms with Crippen LogP contribution in [0.5, 0.6) is 0 Å². The number of rotatable bonds is 11. The second-order valence-corrected chi connectivity index (χ2v) is 19.1. The zero-order valence-electron chi connectivity index (χ0n) is 32.3. The number of nitrogens with zero attached hydrogens (tertiary/aromatic N) is 2. The SMILES string of the molecule is CC1CCC(C(C)C)C(N(C2CC(C)CCC2C(C)C)C(CO)N(C2CC(C)CCC2C(C)C)C2CC(C)CCC2C(C)C)C1. The van der Waals surface area contributed by atoms with Gasteiger partial charge in [-0.1, -0.05) is 109 Å². The molecule has 0 aromatic rings. The number of aliphatic hydroxyl groups is 1. The Morgan fingerprint density at radius 1 is 0.422 bits per heavy atom. The van der Waals surface area contributed by atoms with Crippen LogP contribution in [-0.4, -0.2) is 51.8 Å². The highest BCUT2D eigenvalue weighted by Crippen LogP contribution is 2.48. The van der Waals surface area contributed by atoms with Crippen molar-refractivity contribution < 1.29 is 5.11 Å². The predicted molar refractivity (Wildman–Crippen MR) is 195 cm³/mol. The second-order valence-electron chi connectivity index (χ2n) is 19.1. The van der Waals surface area contributed by atoms with Crippen molar-refractivity contribution in [3.63, 3.8) is 0 Å². The highest BCUT2D eigenvalue weighted by atomic mass is 16.3. The van der Waals surface area contributed by atoms with Crippen LogP contribution in [0.1, 0.15) is 160 Å². The number of aliphatic hydroxyl groups excluding tert-OH is 1. The van der Waals surface area contributed by atoms with Gasteiger partial charge in [0.1, 0.15) is 0 Å². The average molecular weight is 629 g/mol. The van der Waals surface area contributed by atoms with Crippen molar-refractivity contribution in [2.75, 3.05) is 6.61 Å². The second kappa shape index (κ2) is 16.5. The molecular formula is C42H80N2O. The van der Waals surface area contributed by atoms with Gasteiger partial charge in [-0.25, -0.2) is 0 Å². The van der Waals surface area contributed by atoms with Crippen LogP contribution in [0.2, 0.25) is 0 Å². The smallest absolute Gasteiger partial charge is 0.0871 e. The zero-order chi connectivity index (χ0) is 33.2. The first-order valence-electron chi connectivity index (χ1n) is 20.4. The van der Waals surface area contributed by atoms with Crippen LogP contribution < -0.4 is 0 Å². The summed E-state index contributed by atoms with van der Waals surface area (Å²) in [5, 5.41) is 12.1. The van der Waals surface area contributed by atoms with E-state index in [1.54, 1.807) is 0 Å². The van der Waals surface area contributed by atoms with Gasteiger partial charge in [-0.05, 0) is 122 Å². The minimum absolute atomic E-state index is 0.131. The average Bonchev–Trinajstić information content (AvgIpc) is 2.96. The van der Waals surface area contributed by atoms with E-state index in [-0.39, 0.29) is 12.8 Å². The van der Waals surface area contributed by atoms with Gasteiger partial charge in [0, 0.05) is 24.2 Å². The summed E-state index contributed by atoms with van der Waals surface area (Å²) in [7, 11) is 0. The summed E-state index contributed by atoms with van der Waals surface area (Å²) >= 11 is 0. The number of hydrogen-bond acceptors (Lipinski definition) is 3. The highest BCUT2D eigenvalue weighted by molar-refractivity contribution is 5.03. The Morgan fingerprint density at radius 3 is 0.822 bits per heavy atom. The molecule has 264 valence electrons. The Labute approximate surface area is 282 Å². The summed E-state index contributed by atoms with van der Waals surface area (Å²) in [4.78, 5) is 6.27. The van der Waals surface area contributed by atoms with Crippen LogP contribution in [0.3, 0.4) is 0 Å². The third-order valence-electron chi connectivity index (χ3n) is 14.3. The molecule has 0 spiro atoms. The highest BCUT2D eigenvalue weighted by Gasteiger charge is 2.51. The summed E-state index contributed by atoms with van der Waals surface area (Å²) in [6, 6.07) is 2.29. The van der Waals surface area contributed by atoms with E-state index in [4.69, 9.17) is 0 Å². The Balaban J connectivity index is 1.93. The van der Waals surface area contributed by atoms with Crippen LogP contribution in [0.4, 0.5) is 0 Å². The lowest BCUT2D eigenvalue weighted by Crippen LogP contribution is -2.69. The zero-order valence-corrected chi connectivity index (χ0v) is 32.3. The first-order valence-corrected chi connectivity index (χ1v) is 20.4. The summed E-state index contributed by atoms with van der Waals surface area (Å²) in [6.07, 6.45) is 16.3. The summed E-state index contributed by atoms with van der Waals surface area (Å²) in [5.74, 6) is 8.73. The van der Waals surface area contributed by atoms with Gasteiger partial charge in [-0.15, -0.1) is 0 Å². The third-order valence-corrected chi connectivity index (χ3v) is 14.3. The van der Waals surface area contributed by atoms with Gasteiger partial charge in [0.25, 0.3) is 0 Å². The molecule has 0 aromatic heterocycles. The molecule has 4 fully saturated rings. The first-order chi connectivity index (χ1) is 21.2. The fourth-order valence-corrected chi connectivity index (χ4v) is 11.7. The van der Waals surface area contributed by atoms with Crippen LogP contribution in [0, 0.1) is 71.0 Å². The summed E-state index contributed by atoms with van der Waals surface area (Å²) in [5.41, 5.74) is 0. The van der Waals surface area contributed by atoms with Gasteiger partial charge in [0.2, 0.25) is 0 Å². The lowest BCUT2D eigenvalue weighted by molar-refractivity contribution is -0.159.